The highest BCUT2D eigenvalue weighted by molar-refractivity contribution is 6.36. The Bertz CT molecular complexity index is 1130. The Hall–Kier alpha value is -2.64. The molecule has 8 heteroatoms. The number of aliphatic hydroxyl groups excluding tert-OH is 1. The van der Waals surface area contributed by atoms with Gasteiger partial charge < -0.3 is 14.9 Å². The Kier molecular flexibility index (Phi) is 8.29. The van der Waals surface area contributed by atoms with E-state index >= 15 is 0 Å². The summed E-state index contributed by atoms with van der Waals surface area (Å²) in [4.78, 5) is 16.8. The van der Waals surface area contributed by atoms with E-state index in [-0.39, 0.29) is 24.2 Å². The molecule has 1 aliphatic rings. The second kappa shape index (κ2) is 11.4. The molecule has 2 N–H and O–H groups in total. The topological polar surface area (TPSA) is 55.8 Å². The molecule has 1 fully saturated rings. The van der Waals surface area contributed by atoms with E-state index < -0.39 is 6.23 Å². The number of hydrogen-bond acceptors (Lipinski definition) is 4. The molecule has 0 saturated carbocycles. The van der Waals surface area contributed by atoms with E-state index in [1.165, 1.54) is 12.1 Å². The molecule has 1 saturated heterocycles. The van der Waals surface area contributed by atoms with Crippen molar-refractivity contribution in [2.45, 2.75) is 25.6 Å². The van der Waals surface area contributed by atoms with Crippen LogP contribution in [0, 0.1) is 5.82 Å². The summed E-state index contributed by atoms with van der Waals surface area (Å²) in [5, 5.41) is 14.8. The second-order valence-corrected chi connectivity index (χ2v) is 9.49. The number of aliphatic hydroxyl groups is 1. The molecule has 3 aromatic carbocycles. The summed E-state index contributed by atoms with van der Waals surface area (Å²) in [6.07, 6.45) is -0.663. The molecule has 0 bridgehead atoms. The lowest BCUT2D eigenvalue weighted by molar-refractivity contribution is -0.130. The Labute approximate surface area is 215 Å². The highest BCUT2D eigenvalue weighted by atomic mass is 35.5. The molecule has 3 aromatic rings. The zero-order chi connectivity index (χ0) is 24.9. The van der Waals surface area contributed by atoms with E-state index in [4.69, 9.17) is 23.2 Å². The first-order chi connectivity index (χ1) is 16.8. The fraction of sp³-hybridized carbons (Fsp3) is 0.296. The molecule has 2 unspecified atom stereocenters. The molecule has 1 heterocycles. The molecule has 184 valence electrons. The standard InChI is InChI=1S/C27H28Cl2FN3O2/c1-18(19-5-9-21(30)10-6-19)31-27(35)20-7-11-22(12-8-20)32-13-15-33(16-14-32)26(34)17-23-24(28)3-2-4-25(23)29/h2-12,18,27,31,35H,13-17H2,1H3. The third kappa shape index (κ3) is 6.33. The quantitative estimate of drug-likeness (QED) is 0.415. The van der Waals surface area contributed by atoms with Crippen molar-refractivity contribution in [3.8, 4) is 0 Å². The summed E-state index contributed by atoms with van der Waals surface area (Å²) in [5.74, 6) is -0.272. The number of nitrogens with zero attached hydrogens (tertiary/aromatic N) is 2. The van der Waals surface area contributed by atoms with Gasteiger partial charge in [0.25, 0.3) is 0 Å². The Morgan fingerprint density at radius 1 is 0.943 bits per heavy atom. The van der Waals surface area contributed by atoms with Gasteiger partial charge >= 0.3 is 0 Å². The zero-order valence-corrected chi connectivity index (χ0v) is 20.9. The lowest BCUT2D eigenvalue weighted by Crippen LogP contribution is -2.49. The fourth-order valence-corrected chi connectivity index (χ4v) is 4.76. The average Bonchev–Trinajstić information content (AvgIpc) is 2.87. The van der Waals surface area contributed by atoms with Gasteiger partial charge in [0.05, 0.1) is 6.42 Å². The van der Waals surface area contributed by atoms with Gasteiger partial charge in [0.2, 0.25) is 5.91 Å². The molecule has 0 spiro atoms. The van der Waals surface area contributed by atoms with E-state index in [1.54, 1.807) is 30.3 Å². The van der Waals surface area contributed by atoms with E-state index in [0.717, 1.165) is 16.8 Å². The maximum Gasteiger partial charge on any atom is 0.227 e. The zero-order valence-electron chi connectivity index (χ0n) is 19.4. The molecule has 1 amide bonds. The first kappa shape index (κ1) is 25.5. The first-order valence-electron chi connectivity index (χ1n) is 11.6. The lowest BCUT2D eigenvalue weighted by Gasteiger charge is -2.36. The molecule has 1 aliphatic heterocycles. The summed E-state index contributed by atoms with van der Waals surface area (Å²) < 4.78 is 13.1. The van der Waals surface area contributed by atoms with Crippen LogP contribution in [0.5, 0.6) is 0 Å². The van der Waals surface area contributed by atoms with E-state index in [2.05, 4.69) is 10.2 Å². The number of carbonyl (C=O) groups is 1. The molecule has 2 atom stereocenters. The molecule has 0 radical (unpaired) electrons. The number of halogens is 3. The normalized spacial score (nSPS) is 15.7. The fourth-order valence-electron chi connectivity index (χ4n) is 4.23. The minimum Gasteiger partial charge on any atom is -0.374 e. The van der Waals surface area contributed by atoms with Crippen molar-refractivity contribution in [1.29, 1.82) is 0 Å². The van der Waals surface area contributed by atoms with Crippen LogP contribution in [-0.2, 0) is 11.2 Å². The number of piperazine rings is 1. The SMILES string of the molecule is CC(NC(O)c1ccc(N2CCN(C(=O)Cc3c(Cl)cccc3Cl)CC2)cc1)c1ccc(F)cc1. The van der Waals surface area contributed by atoms with Crippen LogP contribution in [0.25, 0.3) is 0 Å². The van der Waals surface area contributed by atoms with Gasteiger partial charge in [-0.1, -0.05) is 53.5 Å². The van der Waals surface area contributed by atoms with Crippen LogP contribution in [0.3, 0.4) is 0 Å². The highest BCUT2D eigenvalue weighted by Gasteiger charge is 2.23. The van der Waals surface area contributed by atoms with Gasteiger partial charge in [0.1, 0.15) is 12.0 Å². The van der Waals surface area contributed by atoms with Gasteiger partial charge in [0, 0.05) is 48.0 Å². The molecular weight excluding hydrogens is 488 g/mol. The van der Waals surface area contributed by atoms with Crippen molar-refractivity contribution >= 4 is 34.8 Å². The molecule has 35 heavy (non-hydrogen) atoms. The van der Waals surface area contributed by atoms with Crippen LogP contribution < -0.4 is 10.2 Å². The maximum absolute atomic E-state index is 13.1. The van der Waals surface area contributed by atoms with Gasteiger partial charge in [-0.3, -0.25) is 10.1 Å². The van der Waals surface area contributed by atoms with Crippen molar-refractivity contribution in [2.75, 3.05) is 31.1 Å². The molecular formula is C27H28Cl2FN3O2. The van der Waals surface area contributed by atoms with Gasteiger partial charge in [0.15, 0.2) is 0 Å². The predicted molar refractivity (Wildman–Crippen MR) is 138 cm³/mol. The van der Waals surface area contributed by atoms with Gasteiger partial charge in [-0.05, 0) is 60.0 Å². The number of rotatable bonds is 7. The van der Waals surface area contributed by atoms with Crippen LogP contribution in [0.15, 0.2) is 66.7 Å². The van der Waals surface area contributed by atoms with Crippen LogP contribution in [-0.4, -0.2) is 42.1 Å². The smallest absolute Gasteiger partial charge is 0.227 e. The van der Waals surface area contributed by atoms with Crippen molar-refractivity contribution in [3.63, 3.8) is 0 Å². The number of nitrogens with one attached hydrogen (secondary N) is 1. The molecule has 5 nitrogen and oxygen atoms in total. The summed E-state index contributed by atoms with van der Waals surface area (Å²) in [5.41, 5.74) is 3.34. The minimum atomic E-state index is -0.852. The summed E-state index contributed by atoms with van der Waals surface area (Å²) in [6, 6.07) is 19.1. The van der Waals surface area contributed by atoms with Crippen LogP contribution in [0.4, 0.5) is 10.1 Å². The summed E-state index contributed by atoms with van der Waals surface area (Å²) >= 11 is 12.4. The number of hydrogen-bond donors (Lipinski definition) is 2. The van der Waals surface area contributed by atoms with Crippen LogP contribution in [0.2, 0.25) is 10.0 Å². The van der Waals surface area contributed by atoms with E-state index in [0.29, 0.717) is 41.8 Å². The van der Waals surface area contributed by atoms with Crippen molar-refractivity contribution < 1.29 is 14.3 Å². The van der Waals surface area contributed by atoms with Crippen LogP contribution >= 0.6 is 23.2 Å². The molecule has 0 aromatic heterocycles. The second-order valence-electron chi connectivity index (χ2n) is 8.68. The monoisotopic (exact) mass is 515 g/mol. The minimum absolute atomic E-state index is 0.0134. The van der Waals surface area contributed by atoms with Crippen molar-refractivity contribution in [3.05, 3.63) is 99.3 Å². The predicted octanol–water partition coefficient (Wildman–Crippen LogP) is 5.37. The number of carbonyl (C=O) groups excluding carboxylic acids is 1. The van der Waals surface area contributed by atoms with E-state index in [9.17, 15) is 14.3 Å². The highest BCUT2D eigenvalue weighted by Crippen LogP contribution is 2.26. The Morgan fingerprint density at radius 3 is 2.11 bits per heavy atom. The molecule has 4 rings (SSSR count). The lowest BCUT2D eigenvalue weighted by atomic mass is 10.1. The number of anilines is 1. The van der Waals surface area contributed by atoms with Crippen molar-refractivity contribution in [2.24, 2.45) is 0 Å². The largest absolute Gasteiger partial charge is 0.374 e. The average molecular weight is 516 g/mol. The third-order valence-electron chi connectivity index (χ3n) is 6.37. The van der Waals surface area contributed by atoms with Crippen molar-refractivity contribution in [1.82, 2.24) is 10.2 Å². The first-order valence-corrected chi connectivity index (χ1v) is 12.3. The maximum atomic E-state index is 13.1. The van der Waals surface area contributed by atoms with E-state index in [1.807, 2.05) is 36.1 Å². The summed E-state index contributed by atoms with van der Waals surface area (Å²) in [7, 11) is 0. The van der Waals surface area contributed by atoms with Gasteiger partial charge in [-0.25, -0.2) is 4.39 Å². The Balaban J connectivity index is 1.30. The Morgan fingerprint density at radius 2 is 1.51 bits per heavy atom. The molecule has 0 aliphatic carbocycles. The van der Waals surface area contributed by atoms with Gasteiger partial charge in [-0.2, -0.15) is 0 Å². The van der Waals surface area contributed by atoms with Gasteiger partial charge in [-0.15, -0.1) is 0 Å². The third-order valence-corrected chi connectivity index (χ3v) is 7.08. The van der Waals surface area contributed by atoms with Crippen LogP contribution in [0.1, 0.15) is 35.9 Å². The summed E-state index contributed by atoms with van der Waals surface area (Å²) in [6.45, 7) is 4.57. The number of benzene rings is 3. The number of amides is 1.